The van der Waals surface area contributed by atoms with Gasteiger partial charge in [-0.05, 0) is 5.92 Å². The number of hydrogen-bond acceptors (Lipinski definition) is 5. The largest absolute Gasteiger partial charge is 0.339 e. The molecule has 2 amide bonds. The van der Waals surface area contributed by atoms with Crippen LogP contribution in [-0.4, -0.2) is 67.0 Å². The van der Waals surface area contributed by atoms with Gasteiger partial charge >= 0.3 is 0 Å². The highest BCUT2D eigenvalue weighted by molar-refractivity contribution is 5.81. The van der Waals surface area contributed by atoms with E-state index in [0.29, 0.717) is 37.1 Å². The number of H-pyrrole nitrogens is 1. The molecule has 0 aliphatic carbocycles. The van der Waals surface area contributed by atoms with E-state index in [9.17, 15) is 14.4 Å². The predicted molar refractivity (Wildman–Crippen MR) is 99.9 cm³/mol. The summed E-state index contributed by atoms with van der Waals surface area (Å²) in [5.74, 6) is 0.129. The summed E-state index contributed by atoms with van der Waals surface area (Å²) in [6, 6.07) is -0.0711. The lowest BCUT2D eigenvalue weighted by Crippen LogP contribution is -2.58. The molecule has 3 heterocycles. The van der Waals surface area contributed by atoms with Gasteiger partial charge in [-0.2, -0.15) is 5.10 Å². The Hall–Kier alpha value is -2.97. The van der Waals surface area contributed by atoms with Crippen molar-refractivity contribution >= 4 is 22.8 Å². The van der Waals surface area contributed by atoms with Gasteiger partial charge in [0.1, 0.15) is 11.9 Å². The summed E-state index contributed by atoms with van der Waals surface area (Å²) in [5, 5.41) is 4.49. The third kappa shape index (κ3) is 3.76. The van der Waals surface area contributed by atoms with Crippen molar-refractivity contribution in [1.82, 2.24) is 29.5 Å². The number of hydrogen-bond donors (Lipinski definition) is 1. The lowest BCUT2D eigenvalue weighted by Gasteiger charge is -2.43. The lowest BCUT2D eigenvalue weighted by molar-refractivity contribution is -0.144. The van der Waals surface area contributed by atoms with Crippen LogP contribution >= 0.6 is 0 Å². The zero-order valence-electron chi connectivity index (χ0n) is 15.6. The van der Waals surface area contributed by atoms with Crippen LogP contribution in [0.3, 0.4) is 0 Å². The number of nitrogens with one attached hydrogen (secondary N) is 1. The van der Waals surface area contributed by atoms with Crippen LogP contribution in [-0.2, 0) is 16.1 Å². The molecule has 3 rings (SSSR count). The first kappa shape index (κ1) is 18.8. The molecule has 1 saturated heterocycles. The molecule has 1 unspecified atom stereocenters. The van der Waals surface area contributed by atoms with Gasteiger partial charge in [-0.25, -0.2) is 9.67 Å². The fourth-order valence-corrected chi connectivity index (χ4v) is 3.41. The Balaban J connectivity index is 1.77. The minimum absolute atomic E-state index is 0.00375. The molecule has 1 fully saturated rings. The molecule has 27 heavy (non-hydrogen) atoms. The van der Waals surface area contributed by atoms with Crippen molar-refractivity contribution in [2.75, 3.05) is 19.6 Å². The second-order valence-electron chi connectivity index (χ2n) is 7.00. The second-order valence-corrected chi connectivity index (χ2v) is 7.00. The van der Waals surface area contributed by atoms with Crippen molar-refractivity contribution in [2.45, 2.75) is 32.9 Å². The van der Waals surface area contributed by atoms with Gasteiger partial charge in [-0.15, -0.1) is 6.58 Å². The molecule has 0 aromatic carbocycles. The SMILES string of the molecule is C=CCC(=O)N1CCN(C(=O)Cn2ncc3c(=O)[nH]cnc32)C(C(C)C)C1. The molecular formula is C18H24N6O3. The molecule has 1 N–H and O–H groups in total. The van der Waals surface area contributed by atoms with Crippen LogP contribution in [0.1, 0.15) is 20.3 Å². The van der Waals surface area contributed by atoms with Gasteiger partial charge in [0.05, 0.1) is 18.6 Å². The zero-order valence-corrected chi connectivity index (χ0v) is 15.6. The zero-order chi connectivity index (χ0) is 19.6. The Kier molecular flexibility index (Phi) is 5.38. The fraction of sp³-hybridized carbons (Fsp3) is 0.500. The molecule has 144 valence electrons. The summed E-state index contributed by atoms with van der Waals surface area (Å²) < 4.78 is 1.44. The van der Waals surface area contributed by atoms with Gasteiger partial charge in [-0.3, -0.25) is 14.4 Å². The number of carbonyl (C=O) groups excluding carboxylic acids is 2. The summed E-state index contributed by atoms with van der Waals surface area (Å²) in [6.07, 6.45) is 4.62. The van der Waals surface area contributed by atoms with E-state index >= 15 is 0 Å². The number of nitrogens with zero attached hydrogens (tertiary/aromatic N) is 5. The van der Waals surface area contributed by atoms with Crippen molar-refractivity contribution in [3.8, 4) is 0 Å². The molecule has 2 aromatic heterocycles. The van der Waals surface area contributed by atoms with Crippen LogP contribution in [0.4, 0.5) is 0 Å². The molecule has 0 radical (unpaired) electrons. The van der Waals surface area contributed by atoms with E-state index in [4.69, 9.17) is 0 Å². The molecule has 0 saturated carbocycles. The number of aromatic amines is 1. The first-order valence-corrected chi connectivity index (χ1v) is 8.99. The van der Waals surface area contributed by atoms with Gasteiger partial charge in [0.15, 0.2) is 5.65 Å². The van der Waals surface area contributed by atoms with E-state index in [-0.39, 0.29) is 35.9 Å². The smallest absolute Gasteiger partial charge is 0.261 e. The number of rotatable bonds is 5. The van der Waals surface area contributed by atoms with Gasteiger partial charge in [0, 0.05) is 26.1 Å². The monoisotopic (exact) mass is 372 g/mol. The number of amides is 2. The molecule has 9 nitrogen and oxygen atoms in total. The van der Waals surface area contributed by atoms with Crippen LogP contribution in [0.15, 0.2) is 30.0 Å². The average molecular weight is 372 g/mol. The highest BCUT2D eigenvalue weighted by Crippen LogP contribution is 2.19. The van der Waals surface area contributed by atoms with Gasteiger partial charge in [-0.1, -0.05) is 19.9 Å². The molecule has 9 heteroatoms. The Morgan fingerprint density at radius 3 is 2.85 bits per heavy atom. The minimum Gasteiger partial charge on any atom is -0.339 e. The Morgan fingerprint density at radius 2 is 2.15 bits per heavy atom. The summed E-state index contributed by atoms with van der Waals surface area (Å²) in [5.41, 5.74) is 0.0982. The van der Waals surface area contributed by atoms with Gasteiger partial charge in [0.25, 0.3) is 5.56 Å². The lowest BCUT2D eigenvalue weighted by atomic mass is 9.99. The van der Waals surface area contributed by atoms with Crippen molar-refractivity contribution in [3.63, 3.8) is 0 Å². The Bertz CT molecular complexity index is 915. The van der Waals surface area contributed by atoms with Gasteiger partial charge < -0.3 is 14.8 Å². The summed E-state index contributed by atoms with van der Waals surface area (Å²) in [4.78, 5) is 47.1. The van der Waals surface area contributed by atoms with E-state index < -0.39 is 0 Å². The molecule has 0 bridgehead atoms. The summed E-state index contributed by atoms with van der Waals surface area (Å²) >= 11 is 0. The molecule has 2 aromatic rings. The maximum absolute atomic E-state index is 12.9. The van der Waals surface area contributed by atoms with Crippen LogP contribution in [0.5, 0.6) is 0 Å². The highest BCUT2D eigenvalue weighted by atomic mass is 16.2. The number of aromatic nitrogens is 4. The average Bonchev–Trinajstić information content (AvgIpc) is 3.05. The van der Waals surface area contributed by atoms with E-state index in [1.807, 2.05) is 18.7 Å². The molecule has 1 atom stereocenters. The van der Waals surface area contributed by atoms with E-state index in [1.165, 1.54) is 17.2 Å². The van der Waals surface area contributed by atoms with Crippen molar-refractivity contribution in [3.05, 3.63) is 35.5 Å². The number of fused-ring (bicyclic) bond motifs is 1. The third-order valence-electron chi connectivity index (χ3n) is 4.90. The summed E-state index contributed by atoms with van der Waals surface area (Å²) in [7, 11) is 0. The van der Waals surface area contributed by atoms with Crippen LogP contribution in [0.2, 0.25) is 0 Å². The standard InChI is InChI=1S/C18H24N6O3/c1-4-5-15(25)22-6-7-23(14(9-22)12(2)3)16(26)10-24-17-13(8-21-24)18(27)20-11-19-17/h4,8,11-12,14H,1,5-7,9-10H2,2-3H3,(H,19,20,27). The fourth-order valence-electron chi connectivity index (χ4n) is 3.41. The Morgan fingerprint density at radius 1 is 1.37 bits per heavy atom. The van der Waals surface area contributed by atoms with E-state index in [2.05, 4.69) is 21.6 Å². The first-order valence-electron chi connectivity index (χ1n) is 8.99. The van der Waals surface area contributed by atoms with E-state index in [0.717, 1.165) is 0 Å². The minimum atomic E-state index is -0.284. The molecule has 1 aliphatic rings. The summed E-state index contributed by atoms with van der Waals surface area (Å²) in [6.45, 7) is 9.17. The van der Waals surface area contributed by atoms with Crippen LogP contribution < -0.4 is 5.56 Å². The second kappa shape index (κ2) is 7.73. The van der Waals surface area contributed by atoms with Crippen molar-refractivity contribution < 1.29 is 9.59 Å². The Labute approximate surface area is 156 Å². The van der Waals surface area contributed by atoms with Crippen molar-refractivity contribution in [2.24, 2.45) is 5.92 Å². The van der Waals surface area contributed by atoms with Crippen molar-refractivity contribution in [1.29, 1.82) is 0 Å². The predicted octanol–water partition coefficient (Wildman–Crippen LogP) is 0.391. The highest BCUT2D eigenvalue weighted by Gasteiger charge is 2.34. The molecule has 0 spiro atoms. The van der Waals surface area contributed by atoms with Crippen LogP contribution in [0.25, 0.3) is 11.0 Å². The number of piperazine rings is 1. The first-order chi connectivity index (χ1) is 12.9. The quantitative estimate of drug-likeness (QED) is 0.765. The van der Waals surface area contributed by atoms with E-state index in [1.54, 1.807) is 11.0 Å². The number of carbonyl (C=O) groups is 2. The topological polar surface area (TPSA) is 104 Å². The molecular weight excluding hydrogens is 348 g/mol. The third-order valence-corrected chi connectivity index (χ3v) is 4.90. The van der Waals surface area contributed by atoms with Crippen LogP contribution in [0, 0.1) is 5.92 Å². The van der Waals surface area contributed by atoms with Gasteiger partial charge in [0.2, 0.25) is 11.8 Å². The maximum Gasteiger partial charge on any atom is 0.261 e. The molecule has 1 aliphatic heterocycles. The normalized spacial score (nSPS) is 17.5. The maximum atomic E-state index is 12.9.